The molecule has 4 aromatic rings. The second kappa shape index (κ2) is 9.88. The van der Waals surface area contributed by atoms with Crippen LogP contribution in [-0.4, -0.2) is 45.2 Å². The SMILES string of the molecule is CNC(=O)c1cc(Oc2cccc(CCNC(=O)c3cnc4c(c(C)nn4C)c3Cl)c2)ccn1. The third-order valence-corrected chi connectivity index (χ3v) is 5.63. The highest BCUT2D eigenvalue weighted by molar-refractivity contribution is 6.38. The molecule has 1 aromatic carbocycles. The Bertz CT molecular complexity index is 1380. The number of amides is 2. The average molecular weight is 479 g/mol. The van der Waals surface area contributed by atoms with Crippen molar-refractivity contribution < 1.29 is 14.3 Å². The lowest BCUT2D eigenvalue weighted by atomic mass is 10.1. The number of halogens is 1. The van der Waals surface area contributed by atoms with Gasteiger partial charge in [0.15, 0.2) is 5.65 Å². The molecule has 0 bridgehead atoms. The van der Waals surface area contributed by atoms with Gasteiger partial charge in [0, 0.05) is 39.1 Å². The van der Waals surface area contributed by atoms with Crippen LogP contribution in [0.2, 0.25) is 5.02 Å². The van der Waals surface area contributed by atoms with Crippen molar-refractivity contribution >= 4 is 34.4 Å². The van der Waals surface area contributed by atoms with Crippen molar-refractivity contribution in [2.24, 2.45) is 7.05 Å². The molecular weight excluding hydrogens is 456 g/mol. The number of benzene rings is 1. The molecule has 0 fully saturated rings. The number of aryl methyl sites for hydroxylation is 2. The molecule has 9 nitrogen and oxygen atoms in total. The van der Waals surface area contributed by atoms with E-state index in [4.69, 9.17) is 16.3 Å². The summed E-state index contributed by atoms with van der Waals surface area (Å²) in [5.41, 5.74) is 2.91. The van der Waals surface area contributed by atoms with Crippen LogP contribution in [0.1, 0.15) is 32.1 Å². The average Bonchev–Trinajstić information content (AvgIpc) is 3.13. The van der Waals surface area contributed by atoms with Crippen molar-refractivity contribution in [3.05, 3.63) is 76.3 Å². The summed E-state index contributed by atoms with van der Waals surface area (Å²) < 4.78 is 7.52. The van der Waals surface area contributed by atoms with E-state index in [0.717, 1.165) is 11.3 Å². The lowest BCUT2D eigenvalue weighted by Gasteiger charge is -2.10. The molecular formula is C24H23ClN6O3. The van der Waals surface area contributed by atoms with Crippen molar-refractivity contribution in [3.63, 3.8) is 0 Å². The molecule has 0 spiro atoms. The maximum Gasteiger partial charge on any atom is 0.269 e. The number of aromatic nitrogens is 4. The topological polar surface area (TPSA) is 111 Å². The summed E-state index contributed by atoms with van der Waals surface area (Å²) in [6.45, 7) is 2.23. The summed E-state index contributed by atoms with van der Waals surface area (Å²) in [7, 11) is 3.33. The fraction of sp³-hybridized carbons (Fsp3) is 0.208. The molecule has 0 atom stereocenters. The summed E-state index contributed by atoms with van der Waals surface area (Å²) in [6.07, 6.45) is 3.57. The summed E-state index contributed by atoms with van der Waals surface area (Å²) >= 11 is 6.49. The van der Waals surface area contributed by atoms with Gasteiger partial charge in [0.1, 0.15) is 17.2 Å². The molecule has 0 unspecified atom stereocenters. The van der Waals surface area contributed by atoms with Crippen molar-refractivity contribution in [3.8, 4) is 11.5 Å². The highest BCUT2D eigenvalue weighted by atomic mass is 35.5. The molecule has 2 amide bonds. The van der Waals surface area contributed by atoms with Crippen LogP contribution in [-0.2, 0) is 13.5 Å². The summed E-state index contributed by atoms with van der Waals surface area (Å²) in [6, 6.07) is 10.8. The standard InChI is InChI=1S/C24H23ClN6O3/c1-14-20-21(25)18(13-29-22(20)31(3)30-14)23(32)28-9-7-15-5-4-6-16(11-15)34-17-8-10-27-19(12-17)24(33)26-2/h4-6,8,10-13H,7,9H2,1-3H3,(H,26,33)(H,28,32). The van der Waals surface area contributed by atoms with Gasteiger partial charge >= 0.3 is 0 Å². The summed E-state index contributed by atoms with van der Waals surface area (Å²) in [5.74, 6) is 0.529. The maximum absolute atomic E-state index is 12.7. The lowest BCUT2D eigenvalue weighted by molar-refractivity contribution is 0.0947. The van der Waals surface area contributed by atoms with E-state index in [9.17, 15) is 9.59 Å². The number of fused-ring (bicyclic) bond motifs is 1. The normalized spacial score (nSPS) is 10.8. The molecule has 0 radical (unpaired) electrons. The molecule has 4 rings (SSSR count). The Balaban J connectivity index is 1.40. The van der Waals surface area contributed by atoms with Crippen molar-refractivity contribution in [1.82, 2.24) is 30.4 Å². The maximum atomic E-state index is 12.7. The Hall–Kier alpha value is -3.98. The second-order valence-corrected chi connectivity index (χ2v) is 7.98. The van der Waals surface area contributed by atoms with Gasteiger partial charge in [-0.3, -0.25) is 19.3 Å². The smallest absolute Gasteiger partial charge is 0.269 e. The van der Waals surface area contributed by atoms with E-state index < -0.39 is 0 Å². The third kappa shape index (κ3) is 4.84. The quantitative estimate of drug-likeness (QED) is 0.421. The number of hydrogen-bond donors (Lipinski definition) is 2. The first-order chi connectivity index (χ1) is 16.4. The molecule has 0 aliphatic rings. The molecule has 34 heavy (non-hydrogen) atoms. The number of nitrogens with zero attached hydrogens (tertiary/aromatic N) is 4. The number of rotatable bonds is 7. The van der Waals surface area contributed by atoms with E-state index in [-0.39, 0.29) is 17.5 Å². The highest BCUT2D eigenvalue weighted by Gasteiger charge is 2.18. The predicted octanol–water partition coefficient (Wildman–Crippen LogP) is 3.45. The highest BCUT2D eigenvalue weighted by Crippen LogP contribution is 2.28. The number of pyridine rings is 2. The molecule has 0 saturated heterocycles. The van der Waals surface area contributed by atoms with E-state index in [1.807, 2.05) is 31.2 Å². The first-order valence-electron chi connectivity index (χ1n) is 10.6. The van der Waals surface area contributed by atoms with E-state index in [0.29, 0.717) is 46.1 Å². The van der Waals surface area contributed by atoms with Gasteiger partial charge < -0.3 is 15.4 Å². The Labute approximate surface area is 201 Å². The zero-order valence-electron chi connectivity index (χ0n) is 18.9. The molecule has 0 aliphatic carbocycles. The van der Waals surface area contributed by atoms with Gasteiger partial charge in [0.25, 0.3) is 11.8 Å². The first-order valence-corrected chi connectivity index (χ1v) is 11.0. The fourth-order valence-electron chi connectivity index (χ4n) is 3.57. The zero-order chi connectivity index (χ0) is 24.2. The zero-order valence-corrected chi connectivity index (χ0v) is 19.7. The van der Waals surface area contributed by atoms with Gasteiger partial charge in [-0.25, -0.2) is 4.98 Å². The number of carbonyl (C=O) groups excluding carboxylic acids is 2. The first kappa shape index (κ1) is 23.2. The van der Waals surface area contributed by atoms with E-state index in [1.54, 1.807) is 30.9 Å². The molecule has 3 heterocycles. The molecule has 10 heteroatoms. The van der Waals surface area contributed by atoms with Crippen LogP contribution in [0.4, 0.5) is 0 Å². The molecule has 0 saturated carbocycles. The number of carbonyl (C=O) groups is 2. The van der Waals surface area contributed by atoms with E-state index >= 15 is 0 Å². The Kier molecular flexibility index (Phi) is 6.74. The second-order valence-electron chi connectivity index (χ2n) is 7.60. The Morgan fingerprint density at radius 3 is 2.71 bits per heavy atom. The minimum atomic E-state index is -0.298. The van der Waals surface area contributed by atoms with Crippen molar-refractivity contribution in [2.45, 2.75) is 13.3 Å². The molecule has 174 valence electrons. The Morgan fingerprint density at radius 1 is 1.12 bits per heavy atom. The van der Waals surface area contributed by atoms with Gasteiger partial charge in [-0.15, -0.1) is 0 Å². The monoisotopic (exact) mass is 478 g/mol. The largest absolute Gasteiger partial charge is 0.457 e. The number of hydrogen-bond acceptors (Lipinski definition) is 6. The molecule has 3 aromatic heterocycles. The van der Waals surface area contributed by atoms with Gasteiger partial charge in [0.05, 0.1) is 21.7 Å². The van der Waals surface area contributed by atoms with Crippen LogP contribution in [0.3, 0.4) is 0 Å². The number of nitrogens with one attached hydrogen (secondary N) is 2. The fourth-order valence-corrected chi connectivity index (χ4v) is 3.93. The van der Waals surface area contributed by atoms with Crippen LogP contribution >= 0.6 is 11.6 Å². The van der Waals surface area contributed by atoms with Gasteiger partial charge in [-0.2, -0.15) is 5.10 Å². The van der Waals surface area contributed by atoms with E-state index in [2.05, 4.69) is 25.7 Å². The van der Waals surface area contributed by atoms with Crippen molar-refractivity contribution in [1.29, 1.82) is 0 Å². The summed E-state index contributed by atoms with van der Waals surface area (Å²) in [4.78, 5) is 32.8. The van der Waals surface area contributed by atoms with Crippen LogP contribution in [0, 0.1) is 6.92 Å². The molecule has 0 aliphatic heterocycles. The van der Waals surface area contributed by atoms with Crippen LogP contribution in [0.5, 0.6) is 11.5 Å². The summed E-state index contributed by atoms with van der Waals surface area (Å²) in [5, 5.41) is 10.8. The van der Waals surface area contributed by atoms with Gasteiger partial charge in [-0.1, -0.05) is 23.7 Å². The van der Waals surface area contributed by atoms with E-state index in [1.165, 1.54) is 12.4 Å². The third-order valence-electron chi connectivity index (χ3n) is 5.23. The van der Waals surface area contributed by atoms with Crippen LogP contribution < -0.4 is 15.4 Å². The Morgan fingerprint density at radius 2 is 1.91 bits per heavy atom. The van der Waals surface area contributed by atoms with Crippen LogP contribution in [0.15, 0.2) is 48.8 Å². The number of ether oxygens (including phenoxy) is 1. The predicted molar refractivity (Wildman–Crippen MR) is 128 cm³/mol. The lowest BCUT2D eigenvalue weighted by Crippen LogP contribution is -2.26. The van der Waals surface area contributed by atoms with Crippen molar-refractivity contribution in [2.75, 3.05) is 13.6 Å². The molecule has 2 N–H and O–H groups in total. The van der Waals surface area contributed by atoms with Crippen LogP contribution in [0.25, 0.3) is 11.0 Å². The van der Waals surface area contributed by atoms with Gasteiger partial charge in [0.2, 0.25) is 0 Å². The minimum absolute atomic E-state index is 0.270. The van der Waals surface area contributed by atoms with Gasteiger partial charge in [-0.05, 0) is 37.1 Å². The minimum Gasteiger partial charge on any atom is -0.457 e.